The standard InChI is InChI=1S/C20H18ClN3O4S/c21-15-3-6-17-18(13-15)22-8-7-19(17)23-9-11-24(12-10-23)29(27,28)16-4-1-14(2-5-16)20(25)26/h1-8,13H,9-12H2,(H,25,26). The van der Waals surface area contributed by atoms with Crippen LogP contribution >= 0.6 is 11.6 Å². The Balaban J connectivity index is 1.53. The number of hydrogen-bond acceptors (Lipinski definition) is 5. The van der Waals surface area contributed by atoms with E-state index in [1.807, 2.05) is 24.3 Å². The fraction of sp³-hybridized carbons (Fsp3) is 0.200. The molecule has 0 spiro atoms. The van der Waals surface area contributed by atoms with Crippen LogP contribution in [0, 0.1) is 0 Å². The predicted molar refractivity (Wildman–Crippen MR) is 111 cm³/mol. The first kappa shape index (κ1) is 19.6. The van der Waals surface area contributed by atoms with E-state index in [1.165, 1.54) is 28.6 Å². The lowest BCUT2D eigenvalue weighted by molar-refractivity contribution is 0.0696. The van der Waals surface area contributed by atoms with Gasteiger partial charge in [0.05, 0.1) is 16.0 Å². The van der Waals surface area contributed by atoms with Gasteiger partial charge in [-0.15, -0.1) is 0 Å². The summed E-state index contributed by atoms with van der Waals surface area (Å²) in [4.78, 5) is 17.6. The molecule has 4 rings (SSSR count). The maximum atomic E-state index is 12.9. The maximum Gasteiger partial charge on any atom is 0.335 e. The van der Waals surface area contributed by atoms with Crippen LogP contribution in [0.4, 0.5) is 5.69 Å². The molecule has 1 aliphatic heterocycles. The number of halogens is 1. The van der Waals surface area contributed by atoms with Crippen molar-refractivity contribution in [2.45, 2.75) is 4.90 Å². The molecule has 2 heterocycles. The Morgan fingerprint density at radius 2 is 1.69 bits per heavy atom. The van der Waals surface area contributed by atoms with Gasteiger partial charge in [0.15, 0.2) is 0 Å². The van der Waals surface area contributed by atoms with Gasteiger partial charge in [-0.3, -0.25) is 4.98 Å². The molecule has 1 fully saturated rings. The number of benzene rings is 2. The Bertz CT molecular complexity index is 1170. The summed E-state index contributed by atoms with van der Waals surface area (Å²) < 4.78 is 27.2. The van der Waals surface area contributed by atoms with Gasteiger partial charge < -0.3 is 10.0 Å². The van der Waals surface area contributed by atoms with Crippen molar-refractivity contribution in [2.75, 3.05) is 31.1 Å². The van der Waals surface area contributed by atoms with Crippen LogP contribution in [0.5, 0.6) is 0 Å². The molecule has 1 N–H and O–H groups in total. The zero-order valence-corrected chi connectivity index (χ0v) is 16.9. The first-order valence-electron chi connectivity index (χ1n) is 8.99. The molecule has 29 heavy (non-hydrogen) atoms. The Morgan fingerprint density at radius 3 is 2.34 bits per heavy atom. The number of piperazine rings is 1. The Labute approximate surface area is 173 Å². The third-order valence-corrected chi connectivity index (χ3v) is 7.15. The van der Waals surface area contributed by atoms with Gasteiger partial charge in [-0.25, -0.2) is 13.2 Å². The minimum absolute atomic E-state index is 0.0541. The second kappa shape index (κ2) is 7.62. The second-order valence-electron chi connectivity index (χ2n) is 6.71. The maximum absolute atomic E-state index is 12.9. The molecular weight excluding hydrogens is 414 g/mol. The number of nitrogens with zero attached hydrogens (tertiary/aromatic N) is 3. The molecule has 0 amide bonds. The van der Waals surface area contributed by atoms with Crippen molar-refractivity contribution >= 4 is 44.2 Å². The molecule has 150 valence electrons. The summed E-state index contributed by atoms with van der Waals surface area (Å²) in [5.74, 6) is -1.09. The molecule has 0 saturated carbocycles. The average molecular weight is 432 g/mol. The molecule has 3 aromatic rings. The van der Waals surface area contributed by atoms with Crippen LogP contribution in [0.2, 0.25) is 5.02 Å². The predicted octanol–water partition coefficient (Wildman–Crippen LogP) is 3.10. The first-order valence-corrected chi connectivity index (χ1v) is 10.8. The van der Waals surface area contributed by atoms with E-state index in [4.69, 9.17) is 16.7 Å². The van der Waals surface area contributed by atoms with E-state index >= 15 is 0 Å². The highest BCUT2D eigenvalue weighted by molar-refractivity contribution is 7.89. The SMILES string of the molecule is O=C(O)c1ccc(S(=O)(=O)N2CCN(c3ccnc4cc(Cl)ccc34)CC2)cc1. The molecule has 7 nitrogen and oxygen atoms in total. The van der Waals surface area contributed by atoms with Crippen molar-refractivity contribution in [1.82, 2.24) is 9.29 Å². The molecule has 1 aromatic heterocycles. The number of carbonyl (C=O) groups is 1. The summed E-state index contributed by atoms with van der Waals surface area (Å²) in [6.07, 6.45) is 1.72. The van der Waals surface area contributed by atoms with Crippen LogP contribution in [0.25, 0.3) is 10.9 Å². The van der Waals surface area contributed by atoms with Gasteiger partial charge in [0.25, 0.3) is 0 Å². The molecule has 0 radical (unpaired) electrons. The summed E-state index contributed by atoms with van der Waals surface area (Å²) in [6, 6.07) is 12.8. The number of sulfonamides is 1. The molecule has 1 saturated heterocycles. The summed E-state index contributed by atoms with van der Waals surface area (Å²) in [5, 5.41) is 10.6. The highest BCUT2D eigenvalue weighted by Gasteiger charge is 2.29. The third kappa shape index (κ3) is 3.78. The zero-order valence-electron chi connectivity index (χ0n) is 15.3. The lowest BCUT2D eigenvalue weighted by Crippen LogP contribution is -2.48. The number of carboxylic acids is 1. The monoisotopic (exact) mass is 431 g/mol. The number of rotatable bonds is 4. The van der Waals surface area contributed by atoms with Gasteiger partial charge >= 0.3 is 5.97 Å². The van der Waals surface area contributed by atoms with E-state index in [1.54, 1.807) is 6.20 Å². The van der Waals surface area contributed by atoms with Crippen LogP contribution < -0.4 is 4.90 Å². The second-order valence-corrected chi connectivity index (χ2v) is 9.09. The fourth-order valence-electron chi connectivity index (χ4n) is 3.47. The highest BCUT2D eigenvalue weighted by atomic mass is 35.5. The normalized spacial score (nSPS) is 15.6. The minimum atomic E-state index is -3.67. The van der Waals surface area contributed by atoms with Crippen LogP contribution in [-0.2, 0) is 10.0 Å². The first-order chi connectivity index (χ1) is 13.9. The molecule has 1 aliphatic rings. The average Bonchev–Trinajstić information content (AvgIpc) is 2.73. The quantitative estimate of drug-likeness (QED) is 0.682. The summed E-state index contributed by atoms with van der Waals surface area (Å²) in [6.45, 7) is 1.74. The van der Waals surface area contributed by atoms with Crippen molar-refractivity contribution in [2.24, 2.45) is 0 Å². The largest absolute Gasteiger partial charge is 0.478 e. The van der Waals surface area contributed by atoms with E-state index in [0.29, 0.717) is 31.2 Å². The summed E-state index contributed by atoms with van der Waals surface area (Å²) in [7, 11) is -3.67. The number of pyridine rings is 1. The lowest BCUT2D eigenvalue weighted by Gasteiger charge is -2.35. The van der Waals surface area contributed by atoms with Crippen molar-refractivity contribution < 1.29 is 18.3 Å². The van der Waals surface area contributed by atoms with Crippen molar-refractivity contribution in [1.29, 1.82) is 0 Å². The van der Waals surface area contributed by atoms with Crippen LogP contribution in [-0.4, -0.2) is 55.0 Å². The lowest BCUT2D eigenvalue weighted by atomic mass is 10.1. The Morgan fingerprint density at radius 1 is 1.00 bits per heavy atom. The van der Waals surface area contributed by atoms with Gasteiger partial charge in [-0.05, 0) is 48.5 Å². The summed E-state index contributed by atoms with van der Waals surface area (Å²) >= 11 is 6.05. The molecular formula is C20H18ClN3O4S. The molecule has 0 unspecified atom stereocenters. The molecule has 0 atom stereocenters. The highest BCUT2D eigenvalue weighted by Crippen LogP contribution is 2.29. The number of aromatic nitrogens is 1. The molecule has 9 heteroatoms. The number of fused-ring (bicyclic) bond motifs is 1. The molecule has 0 bridgehead atoms. The van der Waals surface area contributed by atoms with Crippen LogP contribution in [0.15, 0.2) is 59.6 Å². The Hall–Kier alpha value is -2.68. The van der Waals surface area contributed by atoms with Crippen molar-refractivity contribution in [3.8, 4) is 0 Å². The molecule has 0 aliphatic carbocycles. The van der Waals surface area contributed by atoms with E-state index in [2.05, 4.69) is 9.88 Å². The van der Waals surface area contributed by atoms with Gasteiger partial charge in [-0.2, -0.15) is 4.31 Å². The number of aromatic carboxylic acids is 1. The number of hydrogen-bond donors (Lipinski definition) is 1. The van der Waals surface area contributed by atoms with Gasteiger partial charge in [0, 0.05) is 48.5 Å². The smallest absolute Gasteiger partial charge is 0.335 e. The number of carboxylic acid groups (broad SMARTS) is 1. The Kier molecular flexibility index (Phi) is 5.16. The molecule has 2 aromatic carbocycles. The van der Waals surface area contributed by atoms with Crippen molar-refractivity contribution in [3.63, 3.8) is 0 Å². The number of anilines is 1. The minimum Gasteiger partial charge on any atom is -0.478 e. The fourth-order valence-corrected chi connectivity index (χ4v) is 5.06. The van der Waals surface area contributed by atoms with Gasteiger partial charge in [0.2, 0.25) is 10.0 Å². The van der Waals surface area contributed by atoms with Gasteiger partial charge in [-0.1, -0.05) is 11.6 Å². The van der Waals surface area contributed by atoms with Crippen LogP contribution in [0.1, 0.15) is 10.4 Å². The summed E-state index contributed by atoms with van der Waals surface area (Å²) in [5.41, 5.74) is 1.84. The van der Waals surface area contributed by atoms with E-state index in [0.717, 1.165) is 16.6 Å². The van der Waals surface area contributed by atoms with Gasteiger partial charge in [0.1, 0.15) is 0 Å². The topological polar surface area (TPSA) is 90.8 Å². The third-order valence-electron chi connectivity index (χ3n) is 5.00. The van der Waals surface area contributed by atoms with E-state index in [9.17, 15) is 13.2 Å². The van der Waals surface area contributed by atoms with E-state index in [-0.39, 0.29) is 10.5 Å². The zero-order chi connectivity index (χ0) is 20.6. The van der Waals surface area contributed by atoms with Crippen molar-refractivity contribution in [3.05, 3.63) is 65.3 Å². The van der Waals surface area contributed by atoms with Crippen LogP contribution in [0.3, 0.4) is 0 Å². The van der Waals surface area contributed by atoms with E-state index < -0.39 is 16.0 Å².